The minimum Gasteiger partial charge on any atom is -0.457 e. The number of imidazole rings is 1. The lowest BCUT2D eigenvalue weighted by atomic mass is 9.30. The second kappa shape index (κ2) is 8.47. The molecule has 0 spiro atoms. The maximum atomic E-state index is 6.85. The summed E-state index contributed by atoms with van der Waals surface area (Å²) >= 11 is 0. The molecule has 0 atom stereocenters. The van der Waals surface area contributed by atoms with Crippen LogP contribution in [0.5, 0.6) is 0 Å². The van der Waals surface area contributed by atoms with E-state index in [1.165, 1.54) is 92.7 Å². The number of nitrogens with zero attached hydrogens (tertiary/aromatic N) is 2. The molecule has 3 nitrogen and oxygen atoms in total. The zero-order chi connectivity index (χ0) is 30.3. The molecular formula is C40H41BN2O. The van der Waals surface area contributed by atoms with E-state index >= 15 is 0 Å². The Labute approximate surface area is 260 Å². The third-order valence-corrected chi connectivity index (χ3v) is 11.7. The van der Waals surface area contributed by atoms with Crippen molar-refractivity contribution < 1.29 is 4.42 Å². The van der Waals surface area contributed by atoms with Gasteiger partial charge in [0.2, 0.25) is 0 Å². The van der Waals surface area contributed by atoms with Gasteiger partial charge in [0, 0.05) is 21.9 Å². The van der Waals surface area contributed by atoms with Crippen molar-refractivity contribution in [2.45, 2.75) is 96.8 Å². The van der Waals surface area contributed by atoms with Gasteiger partial charge in [-0.05, 0) is 87.4 Å². The van der Waals surface area contributed by atoms with Gasteiger partial charge in [-0.2, -0.15) is 0 Å². The molecule has 0 saturated heterocycles. The Bertz CT molecular complexity index is 2200. The van der Waals surface area contributed by atoms with Gasteiger partial charge < -0.3 is 4.42 Å². The molecule has 2 aliphatic heterocycles. The lowest BCUT2D eigenvalue weighted by Crippen LogP contribution is -2.63. The molecule has 1 aliphatic carbocycles. The lowest BCUT2D eigenvalue weighted by molar-refractivity contribution is 0.319. The molecule has 4 heterocycles. The highest BCUT2D eigenvalue weighted by Gasteiger charge is 2.48. The zero-order valence-corrected chi connectivity index (χ0v) is 27.2. The molecule has 4 heteroatoms. The minimum absolute atomic E-state index is 0.00700. The Morgan fingerprint density at radius 2 is 1.61 bits per heavy atom. The maximum Gasteiger partial charge on any atom is 0.252 e. The standard InChI is InChI=1S/C40H41BN2O/c1-23-42-31-21-24(38(2,3)4)20-30-36(31)43(23)32-22-25(40(7)17-11-8-12-18-40)19-29-34(32)41(30)35-28(39(29,5)6)16-15-27-26-13-9-10-14-33(26)44-37(27)35/h9-10,13-16,19-22H,8,11-12,17-18H2,1-7H3. The van der Waals surface area contributed by atoms with E-state index in [1.54, 1.807) is 0 Å². The number of aryl methyl sites for hydroxylation is 1. The number of hydrogen-bond donors (Lipinski definition) is 0. The fourth-order valence-corrected chi connectivity index (χ4v) is 9.16. The molecule has 6 aromatic rings. The first-order valence-corrected chi connectivity index (χ1v) is 16.6. The number of hydrogen-bond acceptors (Lipinski definition) is 2. The zero-order valence-electron chi connectivity index (χ0n) is 27.2. The highest BCUT2D eigenvalue weighted by Crippen LogP contribution is 2.45. The summed E-state index contributed by atoms with van der Waals surface area (Å²) in [4.78, 5) is 5.27. The van der Waals surface area contributed by atoms with Crippen LogP contribution in [-0.2, 0) is 16.2 Å². The highest BCUT2D eigenvalue weighted by molar-refractivity contribution is 7.00. The van der Waals surface area contributed by atoms with Gasteiger partial charge in [0.25, 0.3) is 6.71 Å². The van der Waals surface area contributed by atoms with Crippen LogP contribution in [0, 0.1) is 6.92 Å². The number of furan rings is 1. The van der Waals surface area contributed by atoms with Crippen molar-refractivity contribution in [1.29, 1.82) is 0 Å². The average Bonchev–Trinajstić information content (AvgIpc) is 3.54. The fraction of sp³-hybridized carbons (Fsp3) is 0.375. The van der Waals surface area contributed by atoms with E-state index in [9.17, 15) is 0 Å². The molecule has 44 heavy (non-hydrogen) atoms. The van der Waals surface area contributed by atoms with Crippen LogP contribution in [0.2, 0.25) is 0 Å². The van der Waals surface area contributed by atoms with Gasteiger partial charge in [-0.25, -0.2) is 4.98 Å². The largest absolute Gasteiger partial charge is 0.457 e. The van der Waals surface area contributed by atoms with Gasteiger partial charge in [0.05, 0.1) is 11.0 Å². The summed E-state index contributed by atoms with van der Waals surface area (Å²) in [6.45, 7) is 16.6. The quantitative estimate of drug-likeness (QED) is 0.184. The van der Waals surface area contributed by atoms with Gasteiger partial charge in [-0.3, -0.25) is 4.57 Å². The molecule has 1 saturated carbocycles. The monoisotopic (exact) mass is 576 g/mol. The third-order valence-electron chi connectivity index (χ3n) is 11.7. The molecular weight excluding hydrogens is 535 g/mol. The average molecular weight is 577 g/mol. The summed E-state index contributed by atoms with van der Waals surface area (Å²) in [6.07, 6.45) is 6.50. The third kappa shape index (κ3) is 3.32. The second-order valence-corrected chi connectivity index (χ2v) is 15.8. The molecule has 1 fully saturated rings. The Morgan fingerprint density at radius 1 is 0.841 bits per heavy atom. The summed E-state index contributed by atoms with van der Waals surface area (Å²) in [5.74, 6) is 1.07. The second-order valence-electron chi connectivity index (χ2n) is 15.8. The van der Waals surface area contributed by atoms with Crippen molar-refractivity contribution in [2.24, 2.45) is 0 Å². The maximum absolute atomic E-state index is 6.85. The van der Waals surface area contributed by atoms with Crippen LogP contribution >= 0.6 is 0 Å². The Kier molecular flexibility index (Phi) is 5.12. The van der Waals surface area contributed by atoms with E-state index in [1.807, 2.05) is 0 Å². The van der Waals surface area contributed by atoms with Crippen LogP contribution in [0.3, 0.4) is 0 Å². The molecule has 0 unspecified atom stereocenters. The molecule has 0 amide bonds. The minimum atomic E-state index is -0.184. The number of para-hydroxylation sites is 1. The molecule has 0 bridgehead atoms. The summed E-state index contributed by atoms with van der Waals surface area (Å²) < 4.78 is 9.36. The van der Waals surface area contributed by atoms with Crippen molar-refractivity contribution in [3.8, 4) is 5.69 Å². The van der Waals surface area contributed by atoms with Crippen molar-refractivity contribution >= 4 is 56.1 Å². The predicted octanol–water partition coefficient (Wildman–Crippen LogP) is 8.22. The molecule has 220 valence electrons. The molecule has 3 aliphatic rings. The predicted molar refractivity (Wildman–Crippen MR) is 185 cm³/mol. The van der Waals surface area contributed by atoms with Crippen molar-refractivity contribution in [3.63, 3.8) is 0 Å². The van der Waals surface area contributed by atoms with E-state index in [4.69, 9.17) is 9.40 Å². The lowest BCUT2D eigenvalue weighted by Gasteiger charge is -2.44. The van der Waals surface area contributed by atoms with E-state index in [0.717, 1.165) is 22.5 Å². The number of benzene rings is 4. The van der Waals surface area contributed by atoms with Crippen molar-refractivity contribution in [3.05, 3.63) is 88.7 Å². The summed E-state index contributed by atoms with van der Waals surface area (Å²) in [5.41, 5.74) is 15.6. The Balaban J connectivity index is 1.47. The van der Waals surface area contributed by atoms with Crippen molar-refractivity contribution in [1.82, 2.24) is 9.55 Å². The van der Waals surface area contributed by atoms with E-state index in [-0.39, 0.29) is 23.0 Å². The summed E-state index contributed by atoms with van der Waals surface area (Å²) in [5, 5.41) is 2.41. The molecule has 0 N–H and O–H groups in total. The number of rotatable bonds is 1. The van der Waals surface area contributed by atoms with Crippen LogP contribution in [0.25, 0.3) is 38.7 Å². The summed E-state index contributed by atoms with van der Waals surface area (Å²) in [6, 6.07) is 23.3. The summed E-state index contributed by atoms with van der Waals surface area (Å²) in [7, 11) is 0. The first-order chi connectivity index (χ1) is 21.0. The van der Waals surface area contributed by atoms with Crippen molar-refractivity contribution in [2.75, 3.05) is 0 Å². The van der Waals surface area contributed by atoms with Gasteiger partial charge in [-0.1, -0.05) is 103 Å². The topological polar surface area (TPSA) is 31.0 Å². The van der Waals surface area contributed by atoms with Crippen LogP contribution in [0.4, 0.5) is 0 Å². The van der Waals surface area contributed by atoms with Gasteiger partial charge in [0.1, 0.15) is 17.0 Å². The smallest absolute Gasteiger partial charge is 0.252 e. The molecule has 4 aromatic carbocycles. The van der Waals surface area contributed by atoms with Crippen LogP contribution in [-0.4, -0.2) is 16.3 Å². The molecule has 2 aromatic heterocycles. The van der Waals surface area contributed by atoms with E-state index < -0.39 is 0 Å². The van der Waals surface area contributed by atoms with Gasteiger partial charge in [0.15, 0.2) is 0 Å². The number of fused-ring (bicyclic) bond motifs is 8. The van der Waals surface area contributed by atoms with Gasteiger partial charge >= 0.3 is 0 Å². The van der Waals surface area contributed by atoms with Crippen LogP contribution in [0.1, 0.15) is 102 Å². The highest BCUT2D eigenvalue weighted by atomic mass is 16.3. The fourth-order valence-electron chi connectivity index (χ4n) is 9.16. The van der Waals surface area contributed by atoms with E-state index in [2.05, 4.69) is 114 Å². The van der Waals surface area contributed by atoms with Gasteiger partial charge in [-0.15, -0.1) is 0 Å². The first kappa shape index (κ1) is 26.6. The first-order valence-electron chi connectivity index (χ1n) is 16.6. The Hall–Kier alpha value is -3.79. The SMILES string of the molecule is Cc1nc2cc(C(C)(C)C)cc3c2n1-c1cc(C2(C)CCCCC2)cc2c1B3c1c(ccc3c1oc1ccccc13)C2(C)C. The van der Waals surface area contributed by atoms with Crippen LogP contribution in [0.15, 0.2) is 65.1 Å². The Morgan fingerprint density at radius 3 is 2.39 bits per heavy atom. The number of aromatic nitrogens is 2. The molecule has 9 rings (SSSR count). The molecule has 0 radical (unpaired) electrons. The normalized spacial score (nSPS) is 18.2. The van der Waals surface area contributed by atoms with E-state index in [0.29, 0.717) is 0 Å². The van der Waals surface area contributed by atoms with Crippen LogP contribution < -0.4 is 16.4 Å².